The summed E-state index contributed by atoms with van der Waals surface area (Å²) in [5.41, 5.74) is 5.47. The molecule has 0 aliphatic rings. The zero-order valence-electron chi connectivity index (χ0n) is 10.3. The highest BCUT2D eigenvalue weighted by atomic mass is 35.5. The molecule has 0 rings (SSSR count). The molecule has 0 saturated heterocycles. The van der Waals surface area contributed by atoms with Gasteiger partial charge in [-0.25, -0.2) is 0 Å². The highest BCUT2D eigenvalue weighted by molar-refractivity contribution is 5.85. The van der Waals surface area contributed by atoms with Gasteiger partial charge in [-0.3, -0.25) is 9.59 Å². The Kier molecular flexibility index (Phi) is 11.6. The van der Waals surface area contributed by atoms with Crippen LogP contribution in [-0.4, -0.2) is 36.1 Å². The van der Waals surface area contributed by atoms with Crippen LogP contribution in [-0.2, 0) is 14.3 Å². The zero-order chi connectivity index (χ0) is 12.6. The maximum atomic E-state index is 11.4. The van der Waals surface area contributed by atoms with E-state index < -0.39 is 12.1 Å². The number of ketones is 1. The van der Waals surface area contributed by atoms with Gasteiger partial charge in [0.15, 0.2) is 5.78 Å². The van der Waals surface area contributed by atoms with Gasteiger partial charge in [0.1, 0.15) is 0 Å². The predicted molar refractivity (Wildman–Crippen MR) is 67.0 cm³/mol. The first-order valence-electron chi connectivity index (χ1n) is 5.52. The first-order chi connectivity index (χ1) is 7.49. The minimum absolute atomic E-state index is 0. The van der Waals surface area contributed by atoms with Crippen LogP contribution < -0.4 is 5.73 Å². The molecule has 0 aliphatic carbocycles. The van der Waals surface area contributed by atoms with Crippen molar-refractivity contribution in [2.45, 2.75) is 51.2 Å². The summed E-state index contributed by atoms with van der Waals surface area (Å²) < 4.78 is 4.49. The fraction of sp³-hybridized carbons (Fsp3) is 0.818. The van der Waals surface area contributed by atoms with E-state index in [1.165, 1.54) is 14.0 Å². The molecule has 0 saturated carbocycles. The standard InChI is InChI=1S/C11H21NO4.ClH/c1-8(13)11(12)9(14)6-4-3-5-7-10(15)16-2;/h8,11,13H,3-7,12H2,1-2H3;1H. The van der Waals surface area contributed by atoms with Crippen LogP contribution in [0.3, 0.4) is 0 Å². The molecule has 0 aromatic carbocycles. The SMILES string of the molecule is COC(=O)CCCCCC(=O)C(N)C(C)O.Cl. The summed E-state index contributed by atoms with van der Waals surface area (Å²) in [5, 5.41) is 9.09. The largest absolute Gasteiger partial charge is 0.469 e. The quantitative estimate of drug-likeness (QED) is 0.502. The molecule has 102 valence electrons. The number of hydrogen-bond donors (Lipinski definition) is 2. The number of halogens is 1. The summed E-state index contributed by atoms with van der Waals surface area (Å²) in [7, 11) is 1.35. The van der Waals surface area contributed by atoms with Crippen LogP contribution in [0.15, 0.2) is 0 Å². The molecule has 0 aromatic rings. The minimum atomic E-state index is -0.803. The Balaban J connectivity index is 0. The number of esters is 1. The highest BCUT2D eigenvalue weighted by Crippen LogP contribution is 2.06. The lowest BCUT2D eigenvalue weighted by atomic mass is 10.0. The normalized spacial score (nSPS) is 13.4. The van der Waals surface area contributed by atoms with Gasteiger partial charge in [-0.05, 0) is 19.8 Å². The number of Topliss-reactive ketones (excluding diaryl/α,β-unsaturated/α-hetero) is 1. The average Bonchev–Trinajstić information content (AvgIpc) is 2.26. The van der Waals surface area contributed by atoms with Crippen molar-refractivity contribution in [1.29, 1.82) is 0 Å². The van der Waals surface area contributed by atoms with Gasteiger partial charge < -0.3 is 15.6 Å². The lowest BCUT2D eigenvalue weighted by Gasteiger charge is -2.12. The Morgan fingerprint density at radius 1 is 1.24 bits per heavy atom. The van der Waals surface area contributed by atoms with Gasteiger partial charge in [-0.1, -0.05) is 6.42 Å². The lowest BCUT2D eigenvalue weighted by molar-refractivity contribution is -0.140. The highest BCUT2D eigenvalue weighted by Gasteiger charge is 2.17. The van der Waals surface area contributed by atoms with Crippen LogP contribution >= 0.6 is 12.4 Å². The number of carbonyl (C=O) groups excluding carboxylic acids is 2. The van der Waals surface area contributed by atoms with Crippen molar-refractivity contribution in [3.8, 4) is 0 Å². The molecule has 6 heteroatoms. The second kappa shape index (κ2) is 10.5. The summed E-state index contributed by atoms with van der Waals surface area (Å²) in [6.45, 7) is 1.50. The summed E-state index contributed by atoms with van der Waals surface area (Å²) in [4.78, 5) is 22.1. The Labute approximate surface area is 108 Å². The van der Waals surface area contributed by atoms with Crippen molar-refractivity contribution < 1.29 is 19.4 Å². The lowest BCUT2D eigenvalue weighted by Crippen LogP contribution is -2.40. The van der Waals surface area contributed by atoms with Crippen molar-refractivity contribution in [2.75, 3.05) is 7.11 Å². The number of hydrogen-bond acceptors (Lipinski definition) is 5. The number of aliphatic hydroxyl groups excluding tert-OH is 1. The van der Waals surface area contributed by atoms with Crippen LogP contribution in [0.5, 0.6) is 0 Å². The van der Waals surface area contributed by atoms with Crippen LogP contribution in [0.1, 0.15) is 39.0 Å². The molecule has 0 fully saturated rings. The van der Waals surface area contributed by atoms with Crippen LogP contribution in [0.25, 0.3) is 0 Å². The molecule has 0 heterocycles. The zero-order valence-corrected chi connectivity index (χ0v) is 11.2. The number of ether oxygens (including phenoxy) is 1. The molecule has 17 heavy (non-hydrogen) atoms. The number of carbonyl (C=O) groups is 2. The van der Waals surface area contributed by atoms with Gasteiger partial charge in [0.05, 0.1) is 19.3 Å². The maximum Gasteiger partial charge on any atom is 0.305 e. The van der Waals surface area contributed by atoms with Gasteiger partial charge in [-0.2, -0.15) is 0 Å². The van der Waals surface area contributed by atoms with E-state index in [0.29, 0.717) is 25.7 Å². The second-order valence-electron chi connectivity index (χ2n) is 3.87. The molecule has 0 spiro atoms. The molecule has 0 bridgehead atoms. The van der Waals surface area contributed by atoms with E-state index in [-0.39, 0.29) is 24.2 Å². The summed E-state index contributed by atoms with van der Waals surface area (Å²) in [6.07, 6.45) is 2.12. The fourth-order valence-electron chi connectivity index (χ4n) is 1.28. The van der Waals surface area contributed by atoms with Crippen molar-refractivity contribution in [3.63, 3.8) is 0 Å². The molecule has 3 N–H and O–H groups in total. The Morgan fingerprint density at radius 3 is 2.24 bits per heavy atom. The second-order valence-corrected chi connectivity index (χ2v) is 3.87. The smallest absolute Gasteiger partial charge is 0.305 e. The van der Waals surface area contributed by atoms with Crippen molar-refractivity contribution in [1.82, 2.24) is 0 Å². The van der Waals surface area contributed by atoms with Gasteiger partial charge in [0, 0.05) is 12.8 Å². The third-order valence-corrected chi connectivity index (χ3v) is 2.42. The molecule has 2 unspecified atom stereocenters. The van der Waals surface area contributed by atoms with E-state index in [1.54, 1.807) is 0 Å². The van der Waals surface area contributed by atoms with E-state index in [4.69, 9.17) is 10.8 Å². The van der Waals surface area contributed by atoms with Crippen LogP contribution in [0, 0.1) is 0 Å². The Hall–Kier alpha value is -0.650. The molecular formula is C11H22ClNO4. The van der Waals surface area contributed by atoms with Crippen molar-refractivity contribution >= 4 is 24.2 Å². The van der Waals surface area contributed by atoms with Crippen LogP contribution in [0.4, 0.5) is 0 Å². The third kappa shape index (κ3) is 9.09. The predicted octanol–water partition coefficient (Wildman–Crippen LogP) is 0.809. The van der Waals surface area contributed by atoms with E-state index in [2.05, 4.69) is 4.74 Å². The average molecular weight is 268 g/mol. The van der Waals surface area contributed by atoms with E-state index in [0.717, 1.165) is 6.42 Å². The van der Waals surface area contributed by atoms with Gasteiger partial charge in [0.25, 0.3) is 0 Å². The first-order valence-corrected chi connectivity index (χ1v) is 5.52. The third-order valence-electron chi connectivity index (χ3n) is 2.42. The number of aliphatic hydroxyl groups is 1. The van der Waals surface area contributed by atoms with Gasteiger partial charge >= 0.3 is 5.97 Å². The fourth-order valence-corrected chi connectivity index (χ4v) is 1.28. The maximum absolute atomic E-state index is 11.4. The minimum Gasteiger partial charge on any atom is -0.469 e. The molecule has 0 radical (unpaired) electrons. The number of unbranched alkanes of at least 4 members (excludes halogenated alkanes) is 2. The molecule has 0 aromatic heterocycles. The molecule has 0 amide bonds. The molecule has 2 atom stereocenters. The van der Waals surface area contributed by atoms with Crippen molar-refractivity contribution in [3.05, 3.63) is 0 Å². The summed E-state index contributed by atoms with van der Waals surface area (Å²) >= 11 is 0. The summed E-state index contributed by atoms with van der Waals surface area (Å²) in [5.74, 6) is -0.361. The molecule has 5 nitrogen and oxygen atoms in total. The van der Waals surface area contributed by atoms with Gasteiger partial charge in [0.2, 0.25) is 0 Å². The Morgan fingerprint density at radius 2 is 1.76 bits per heavy atom. The van der Waals surface area contributed by atoms with E-state index in [1.807, 2.05) is 0 Å². The number of rotatable bonds is 8. The molecular weight excluding hydrogens is 246 g/mol. The van der Waals surface area contributed by atoms with E-state index in [9.17, 15) is 9.59 Å². The van der Waals surface area contributed by atoms with Crippen LogP contribution in [0.2, 0.25) is 0 Å². The summed E-state index contributed by atoms with van der Waals surface area (Å²) in [6, 6.07) is -0.791. The number of nitrogens with two attached hydrogens (primary N) is 1. The topological polar surface area (TPSA) is 89.6 Å². The van der Waals surface area contributed by atoms with Gasteiger partial charge in [-0.15, -0.1) is 12.4 Å². The number of methoxy groups -OCH3 is 1. The van der Waals surface area contributed by atoms with E-state index >= 15 is 0 Å². The molecule has 0 aliphatic heterocycles. The Bertz CT molecular complexity index is 234. The first kappa shape index (κ1) is 18.7. The van der Waals surface area contributed by atoms with Crippen molar-refractivity contribution in [2.24, 2.45) is 5.73 Å². The monoisotopic (exact) mass is 267 g/mol.